The lowest BCUT2D eigenvalue weighted by Crippen LogP contribution is -2.24. The Hall–Kier alpha value is -3.51. The Morgan fingerprint density at radius 2 is 1.81 bits per heavy atom. The van der Waals surface area contributed by atoms with Crippen LogP contribution in [0, 0.1) is 20.8 Å². The number of amides is 1. The number of hydrogen-bond donors (Lipinski definition) is 0. The van der Waals surface area contributed by atoms with Gasteiger partial charge in [0.15, 0.2) is 11.4 Å². The predicted octanol–water partition coefficient (Wildman–Crippen LogP) is 6.30. The molecule has 0 fully saturated rings. The predicted molar refractivity (Wildman–Crippen MR) is 129 cm³/mol. The fourth-order valence-electron chi connectivity index (χ4n) is 4.05. The number of nitrogens with zero attached hydrogens (tertiary/aromatic N) is 2. The highest BCUT2D eigenvalue weighted by Gasteiger charge is 2.22. The molecule has 0 spiro atoms. The van der Waals surface area contributed by atoms with Gasteiger partial charge in [0.2, 0.25) is 5.91 Å². The minimum absolute atomic E-state index is 0.0976. The highest BCUT2D eigenvalue weighted by atomic mass is 32.1. The Morgan fingerprint density at radius 1 is 1.09 bits per heavy atom. The van der Waals surface area contributed by atoms with Crippen molar-refractivity contribution in [3.8, 4) is 5.75 Å². The molecule has 0 saturated carbocycles. The molecule has 0 aliphatic carbocycles. The summed E-state index contributed by atoms with van der Waals surface area (Å²) in [6.07, 6.45) is 0.824. The molecule has 0 unspecified atom stereocenters. The Bertz CT molecular complexity index is 1300. The highest BCUT2D eigenvalue weighted by molar-refractivity contribution is 7.14. The van der Waals surface area contributed by atoms with Gasteiger partial charge in [0.05, 0.1) is 16.9 Å². The SMILES string of the molecule is CC(=O)N(c1nc(COc2ccc3ccccc3c2C=O)cs1)c1c(C)cc(C)cc1C. The molecule has 6 heteroatoms. The van der Waals surface area contributed by atoms with Gasteiger partial charge in [-0.1, -0.05) is 48.0 Å². The number of benzene rings is 3. The Kier molecular flexibility index (Phi) is 6.06. The number of fused-ring (bicyclic) bond motifs is 1. The minimum atomic E-state index is -0.0976. The molecule has 3 aromatic carbocycles. The molecule has 1 heterocycles. The number of aryl methyl sites for hydroxylation is 3. The van der Waals surface area contributed by atoms with Crippen LogP contribution < -0.4 is 9.64 Å². The van der Waals surface area contributed by atoms with E-state index in [9.17, 15) is 9.59 Å². The number of aromatic nitrogens is 1. The molecule has 0 aliphatic heterocycles. The maximum Gasteiger partial charge on any atom is 0.230 e. The zero-order valence-corrected chi connectivity index (χ0v) is 19.3. The molecule has 0 atom stereocenters. The van der Waals surface area contributed by atoms with Crippen LogP contribution in [0.15, 0.2) is 53.9 Å². The van der Waals surface area contributed by atoms with E-state index in [1.807, 2.05) is 56.5 Å². The number of aldehydes is 1. The third kappa shape index (κ3) is 4.14. The molecular weight excluding hydrogens is 420 g/mol. The largest absolute Gasteiger partial charge is 0.486 e. The van der Waals surface area contributed by atoms with E-state index in [1.54, 1.807) is 17.9 Å². The van der Waals surface area contributed by atoms with Crippen LogP contribution in [0.25, 0.3) is 10.8 Å². The standard InChI is InChI=1S/C26H24N2O3S/c1-16-11-17(2)25(18(3)12-16)28(19(4)30)26-27-21(15-32-26)14-31-24-10-9-20-7-5-6-8-22(20)23(24)13-29/h5-13,15H,14H2,1-4H3. The summed E-state index contributed by atoms with van der Waals surface area (Å²) in [5.74, 6) is 0.418. The second kappa shape index (κ2) is 8.93. The quantitative estimate of drug-likeness (QED) is 0.328. The molecule has 0 radical (unpaired) electrons. The second-order valence-corrected chi connectivity index (χ2v) is 8.66. The Labute approximate surface area is 191 Å². The fraction of sp³-hybridized carbons (Fsp3) is 0.192. The molecule has 0 saturated heterocycles. The summed E-state index contributed by atoms with van der Waals surface area (Å²) in [5, 5.41) is 4.32. The van der Waals surface area contributed by atoms with Crippen LogP contribution in [-0.2, 0) is 11.4 Å². The van der Waals surface area contributed by atoms with Crippen LogP contribution in [-0.4, -0.2) is 17.2 Å². The van der Waals surface area contributed by atoms with Gasteiger partial charge in [-0.25, -0.2) is 4.98 Å². The van der Waals surface area contributed by atoms with E-state index in [0.717, 1.165) is 39.4 Å². The summed E-state index contributed by atoms with van der Waals surface area (Å²) in [5.41, 5.74) is 5.29. The van der Waals surface area contributed by atoms with Crippen molar-refractivity contribution in [3.05, 3.63) is 81.9 Å². The van der Waals surface area contributed by atoms with Crippen LogP contribution in [0.3, 0.4) is 0 Å². The van der Waals surface area contributed by atoms with Gasteiger partial charge in [0, 0.05) is 12.3 Å². The topological polar surface area (TPSA) is 59.5 Å². The van der Waals surface area contributed by atoms with Crippen molar-refractivity contribution >= 4 is 45.1 Å². The molecule has 1 aromatic heterocycles. The smallest absolute Gasteiger partial charge is 0.230 e. The monoisotopic (exact) mass is 444 g/mol. The lowest BCUT2D eigenvalue weighted by molar-refractivity contribution is -0.115. The molecule has 0 N–H and O–H groups in total. The van der Waals surface area contributed by atoms with E-state index in [1.165, 1.54) is 11.3 Å². The summed E-state index contributed by atoms with van der Waals surface area (Å²) in [6.45, 7) is 7.79. The number of ether oxygens (including phenoxy) is 1. The van der Waals surface area contributed by atoms with E-state index < -0.39 is 0 Å². The van der Waals surface area contributed by atoms with Gasteiger partial charge in [-0.05, 0) is 48.7 Å². The second-order valence-electron chi connectivity index (χ2n) is 7.83. The van der Waals surface area contributed by atoms with Crippen molar-refractivity contribution in [2.45, 2.75) is 34.3 Å². The first-order valence-corrected chi connectivity index (χ1v) is 11.2. The Morgan fingerprint density at radius 3 is 2.50 bits per heavy atom. The maximum atomic E-state index is 12.6. The summed E-state index contributed by atoms with van der Waals surface area (Å²) < 4.78 is 5.95. The van der Waals surface area contributed by atoms with Gasteiger partial charge in [-0.3, -0.25) is 14.5 Å². The summed E-state index contributed by atoms with van der Waals surface area (Å²) in [6, 6.07) is 15.6. The summed E-state index contributed by atoms with van der Waals surface area (Å²) in [7, 11) is 0. The molecule has 32 heavy (non-hydrogen) atoms. The van der Waals surface area contributed by atoms with Crippen molar-refractivity contribution in [2.24, 2.45) is 0 Å². The summed E-state index contributed by atoms with van der Waals surface area (Å²) >= 11 is 1.39. The van der Waals surface area contributed by atoms with Gasteiger partial charge in [0.25, 0.3) is 0 Å². The molecule has 4 rings (SSSR count). The van der Waals surface area contributed by atoms with E-state index in [-0.39, 0.29) is 12.5 Å². The molecule has 0 bridgehead atoms. The van der Waals surface area contributed by atoms with Crippen LogP contribution >= 0.6 is 11.3 Å². The average Bonchev–Trinajstić information content (AvgIpc) is 3.22. The first-order chi connectivity index (χ1) is 15.4. The molecule has 5 nitrogen and oxygen atoms in total. The number of hydrogen-bond acceptors (Lipinski definition) is 5. The zero-order valence-electron chi connectivity index (χ0n) is 18.5. The lowest BCUT2D eigenvalue weighted by Gasteiger charge is -2.23. The van der Waals surface area contributed by atoms with Crippen molar-refractivity contribution in [3.63, 3.8) is 0 Å². The first kappa shape index (κ1) is 21.7. The fourth-order valence-corrected chi connectivity index (χ4v) is 4.91. The number of carbonyl (C=O) groups is 2. The molecule has 1 amide bonds. The molecule has 0 aliphatic rings. The number of carbonyl (C=O) groups excluding carboxylic acids is 2. The number of anilines is 2. The lowest BCUT2D eigenvalue weighted by atomic mass is 10.0. The third-order valence-corrected chi connectivity index (χ3v) is 6.20. The summed E-state index contributed by atoms with van der Waals surface area (Å²) in [4.78, 5) is 30.6. The van der Waals surface area contributed by atoms with Gasteiger partial charge in [-0.15, -0.1) is 11.3 Å². The molecule has 4 aromatic rings. The van der Waals surface area contributed by atoms with Crippen LogP contribution in [0.1, 0.15) is 39.7 Å². The number of rotatable bonds is 6. The zero-order chi connectivity index (χ0) is 22.8. The maximum absolute atomic E-state index is 12.6. The Balaban J connectivity index is 1.61. The van der Waals surface area contributed by atoms with Gasteiger partial charge in [0.1, 0.15) is 12.4 Å². The van der Waals surface area contributed by atoms with Crippen molar-refractivity contribution < 1.29 is 14.3 Å². The molecule has 162 valence electrons. The van der Waals surface area contributed by atoms with Crippen molar-refractivity contribution in [1.29, 1.82) is 0 Å². The van der Waals surface area contributed by atoms with E-state index >= 15 is 0 Å². The van der Waals surface area contributed by atoms with Crippen molar-refractivity contribution in [2.75, 3.05) is 4.90 Å². The van der Waals surface area contributed by atoms with E-state index in [0.29, 0.717) is 22.1 Å². The minimum Gasteiger partial charge on any atom is -0.486 e. The third-order valence-electron chi connectivity index (χ3n) is 5.33. The van der Waals surface area contributed by atoms with Crippen LogP contribution in [0.2, 0.25) is 0 Å². The van der Waals surface area contributed by atoms with Gasteiger partial charge >= 0.3 is 0 Å². The van der Waals surface area contributed by atoms with Crippen LogP contribution in [0.5, 0.6) is 5.75 Å². The van der Waals surface area contributed by atoms with E-state index in [2.05, 4.69) is 17.1 Å². The van der Waals surface area contributed by atoms with Crippen LogP contribution in [0.4, 0.5) is 10.8 Å². The first-order valence-electron chi connectivity index (χ1n) is 10.3. The average molecular weight is 445 g/mol. The normalized spacial score (nSPS) is 10.9. The van der Waals surface area contributed by atoms with E-state index in [4.69, 9.17) is 4.74 Å². The highest BCUT2D eigenvalue weighted by Crippen LogP contribution is 2.35. The van der Waals surface area contributed by atoms with Crippen molar-refractivity contribution in [1.82, 2.24) is 4.98 Å². The van der Waals surface area contributed by atoms with Gasteiger partial charge < -0.3 is 4.74 Å². The number of thiazole rings is 1. The van der Waals surface area contributed by atoms with Gasteiger partial charge in [-0.2, -0.15) is 0 Å². The molecular formula is C26H24N2O3S.